The van der Waals surface area contributed by atoms with Gasteiger partial charge in [-0.1, -0.05) is 0 Å². The van der Waals surface area contributed by atoms with Crippen molar-refractivity contribution < 1.29 is 32.5 Å². The van der Waals surface area contributed by atoms with Gasteiger partial charge in [0.05, 0.1) is 27.2 Å². The first-order valence-corrected chi connectivity index (χ1v) is 5.86. The maximum atomic E-state index is 13.0. The zero-order valence-electron chi connectivity index (χ0n) is 11.5. The highest BCUT2D eigenvalue weighted by molar-refractivity contribution is 5.54. The van der Waals surface area contributed by atoms with Crippen molar-refractivity contribution >= 4 is 0 Å². The van der Waals surface area contributed by atoms with Gasteiger partial charge in [0.15, 0.2) is 11.5 Å². The third-order valence-corrected chi connectivity index (χ3v) is 2.90. The van der Waals surface area contributed by atoms with E-state index in [1.54, 1.807) is 0 Å². The fourth-order valence-electron chi connectivity index (χ4n) is 1.95. The molecule has 4 nitrogen and oxygen atoms in total. The zero-order chi connectivity index (χ0) is 15.3. The molecular formula is C13H17F3O4. The van der Waals surface area contributed by atoms with Crippen LogP contribution in [0.5, 0.6) is 17.2 Å². The molecule has 1 aromatic carbocycles. The molecule has 114 valence electrons. The SMILES string of the molecule is COc1cc(C(CCO)C(F)(F)F)cc(OC)c1OC. The Balaban J connectivity index is 3.36. The maximum Gasteiger partial charge on any atom is 0.395 e. The Morgan fingerprint density at radius 2 is 1.55 bits per heavy atom. The largest absolute Gasteiger partial charge is 0.493 e. The van der Waals surface area contributed by atoms with Crippen LogP contribution >= 0.6 is 0 Å². The second-order valence-electron chi connectivity index (χ2n) is 4.07. The monoisotopic (exact) mass is 294 g/mol. The molecule has 1 aromatic rings. The minimum absolute atomic E-state index is 0.0407. The van der Waals surface area contributed by atoms with Crippen molar-refractivity contribution in [3.8, 4) is 17.2 Å². The number of ether oxygens (including phenoxy) is 3. The summed E-state index contributed by atoms with van der Waals surface area (Å²) in [4.78, 5) is 0. The van der Waals surface area contributed by atoms with Crippen molar-refractivity contribution in [2.24, 2.45) is 0 Å². The van der Waals surface area contributed by atoms with E-state index in [1.165, 1.54) is 33.5 Å². The maximum absolute atomic E-state index is 13.0. The molecule has 0 aromatic heterocycles. The van der Waals surface area contributed by atoms with E-state index in [2.05, 4.69) is 0 Å². The van der Waals surface area contributed by atoms with Crippen LogP contribution in [0.3, 0.4) is 0 Å². The lowest BCUT2D eigenvalue weighted by Gasteiger charge is -2.22. The Labute approximate surface area is 115 Å². The Bertz CT molecular complexity index is 421. The Morgan fingerprint density at radius 1 is 1.05 bits per heavy atom. The number of benzene rings is 1. The first kappa shape index (κ1) is 16.4. The fourth-order valence-corrected chi connectivity index (χ4v) is 1.95. The molecule has 0 fully saturated rings. The molecule has 0 heterocycles. The highest BCUT2D eigenvalue weighted by atomic mass is 19.4. The summed E-state index contributed by atoms with van der Waals surface area (Å²) in [6.07, 6.45) is -4.89. The van der Waals surface area contributed by atoms with Gasteiger partial charge < -0.3 is 19.3 Å². The van der Waals surface area contributed by atoms with Gasteiger partial charge >= 0.3 is 6.18 Å². The molecule has 0 saturated carbocycles. The average Bonchev–Trinajstić information content (AvgIpc) is 2.41. The summed E-state index contributed by atoms with van der Waals surface area (Å²) in [7, 11) is 4.03. The lowest BCUT2D eigenvalue weighted by Crippen LogP contribution is -2.22. The normalized spacial score (nSPS) is 12.9. The number of methoxy groups -OCH3 is 3. The summed E-state index contributed by atoms with van der Waals surface area (Å²) in [5, 5.41) is 8.83. The van der Waals surface area contributed by atoms with Gasteiger partial charge in [-0.2, -0.15) is 13.2 Å². The third kappa shape index (κ3) is 3.47. The fraction of sp³-hybridized carbons (Fsp3) is 0.538. The molecule has 1 N–H and O–H groups in total. The molecule has 1 rings (SSSR count). The van der Waals surface area contributed by atoms with E-state index in [4.69, 9.17) is 19.3 Å². The Kier molecular flexibility index (Phi) is 5.50. The van der Waals surface area contributed by atoms with Gasteiger partial charge in [-0.3, -0.25) is 0 Å². The van der Waals surface area contributed by atoms with E-state index in [9.17, 15) is 13.2 Å². The van der Waals surface area contributed by atoms with E-state index >= 15 is 0 Å². The van der Waals surface area contributed by atoms with E-state index in [-0.39, 0.29) is 22.8 Å². The Hall–Kier alpha value is -1.63. The second kappa shape index (κ2) is 6.69. The van der Waals surface area contributed by atoms with Crippen LogP contribution in [0.1, 0.15) is 17.9 Å². The molecular weight excluding hydrogens is 277 g/mol. The van der Waals surface area contributed by atoms with Gasteiger partial charge in [0.2, 0.25) is 5.75 Å². The van der Waals surface area contributed by atoms with Crippen molar-refractivity contribution in [1.29, 1.82) is 0 Å². The summed E-state index contributed by atoms with van der Waals surface area (Å²) < 4.78 is 54.2. The molecule has 0 aliphatic heterocycles. The molecule has 0 saturated heterocycles. The predicted octanol–water partition coefficient (Wildman–Crippen LogP) is 2.74. The summed E-state index contributed by atoms with van der Waals surface area (Å²) in [6, 6.07) is 2.49. The number of hydrogen-bond acceptors (Lipinski definition) is 4. The minimum Gasteiger partial charge on any atom is -0.493 e. The summed E-state index contributed by atoms with van der Waals surface area (Å²) >= 11 is 0. The topological polar surface area (TPSA) is 47.9 Å². The number of halogens is 3. The molecule has 0 spiro atoms. The number of aliphatic hydroxyl groups excluding tert-OH is 1. The van der Waals surface area contributed by atoms with Gasteiger partial charge in [0, 0.05) is 6.61 Å². The zero-order valence-corrected chi connectivity index (χ0v) is 11.5. The predicted molar refractivity (Wildman–Crippen MR) is 66.6 cm³/mol. The summed E-state index contributed by atoms with van der Waals surface area (Å²) in [5.74, 6) is -1.27. The molecule has 20 heavy (non-hydrogen) atoms. The third-order valence-electron chi connectivity index (χ3n) is 2.90. The molecule has 0 aliphatic carbocycles. The van der Waals surface area contributed by atoms with E-state index < -0.39 is 25.1 Å². The van der Waals surface area contributed by atoms with Crippen LogP contribution in [0.15, 0.2) is 12.1 Å². The van der Waals surface area contributed by atoms with E-state index in [1.807, 2.05) is 0 Å². The highest BCUT2D eigenvalue weighted by Crippen LogP contribution is 2.44. The molecule has 0 bridgehead atoms. The highest BCUT2D eigenvalue weighted by Gasteiger charge is 2.41. The quantitative estimate of drug-likeness (QED) is 0.876. The average molecular weight is 294 g/mol. The van der Waals surface area contributed by atoms with Gasteiger partial charge in [0.25, 0.3) is 0 Å². The lowest BCUT2D eigenvalue weighted by molar-refractivity contribution is -0.153. The van der Waals surface area contributed by atoms with Gasteiger partial charge in [0.1, 0.15) is 0 Å². The van der Waals surface area contributed by atoms with Crippen molar-refractivity contribution in [2.45, 2.75) is 18.5 Å². The molecule has 0 aliphatic rings. The smallest absolute Gasteiger partial charge is 0.395 e. The number of aliphatic hydroxyl groups is 1. The van der Waals surface area contributed by atoms with Crippen molar-refractivity contribution in [3.05, 3.63) is 17.7 Å². The van der Waals surface area contributed by atoms with Crippen molar-refractivity contribution in [3.63, 3.8) is 0 Å². The summed E-state index contributed by atoms with van der Waals surface area (Å²) in [6.45, 7) is -0.569. The van der Waals surface area contributed by atoms with Crippen molar-refractivity contribution in [2.75, 3.05) is 27.9 Å². The standard InChI is InChI=1S/C13H17F3O4/c1-18-10-6-8(7-11(19-2)12(10)20-3)9(4-5-17)13(14,15)16/h6-7,9,17H,4-5H2,1-3H3. The second-order valence-corrected chi connectivity index (χ2v) is 4.07. The summed E-state index contributed by atoms with van der Waals surface area (Å²) in [5.41, 5.74) is -0.0407. The Morgan fingerprint density at radius 3 is 1.85 bits per heavy atom. The van der Waals surface area contributed by atoms with E-state index in [0.717, 1.165) is 0 Å². The van der Waals surface area contributed by atoms with Crippen LogP contribution in [-0.2, 0) is 0 Å². The molecule has 1 atom stereocenters. The van der Waals surface area contributed by atoms with Crippen LogP contribution in [0.4, 0.5) is 13.2 Å². The van der Waals surface area contributed by atoms with Gasteiger partial charge in [-0.25, -0.2) is 0 Å². The van der Waals surface area contributed by atoms with E-state index in [0.29, 0.717) is 0 Å². The van der Waals surface area contributed by atoms with Gasteiger partial charge in [-0.15, -0.1) is 0 Å². The molecule has 1 unspecified atom stereocenters. The van der Waals surface area contributed by atoms with Crippen LogP contribution in [0, 0.1) is 0 Å². The van der Waals surface area contributed by atoms with Crippen LogP contribution in [-0.4, -0.2) is 39.2 Å². The number of alkyl halides is 3. The first-order valence-electron chi connectivity index (χ1n) is 5.86. The lowest BCUT2D eigenvalue weighted by atomic mass is 9.94. The van der Waals surface area contributed by atoms with Crippen LogP contribution in [0.25, 0.3) is 0 Å². The minimum atomic E-state index is -4.46. The molecule has 0 amide bonds. The molecule has 0 radical (unpaired) electrons. The number of rotatable bonds is 6. The first-order chi connectivity index (χ1) is 9.38. The van der Waals surface area contributed by atoms with Crippen LogP contribution < -0.4 is 14.2 Å². The number of hydrogen-bond donors (Lipinski definition) is 1. The van der Waals surface area contributed by atoms with Crippen molar-refractivity contribution in [1.82, 2.24) is 0 Å². The molecule has 7 heteroatoms. The van der Waals surface area contributed by atoms with Gasteiger partial charge in [-0.05, 0) is 24.1 Å². The van der Waals surface area contributed by atoms with Crippen LogP contribution in [0.2, 0.25) is 0 Å².